The van der Waals surface area contributed by atoms with E-state index >= 15 is 0 Å². The number of carbonyl (C=O) groups is 1. The second-order valence-electron chi connectivity index (χ2n) is 4.41. The van der Waals surface area contributed by atoms with Crippen molar-refractivity contribution >= 4 is 22.4 Å². The number of nitrogens with zero attached hydrogens (tertiary/aromatic N) is 1. The van der Waals surface area contributed by atoms with Gasteiger partial charge in [-0.1, -0.05) is 23.5 Å². The van der Waals surface area contributed by atoms with E-state index in [1.54, 1.807) is 13.3 Å². The Hall–Kier alpha value is -2.08. The lowest BCUT2D eigenvalue weighted by molar-refractivity contribution is 0.0958. The topological polar surface area (TPSA) is 63.2 Å². The predicted molar refractivity (Wildman–Crippen MR) is 85.3 cm³/mol. The van der Waals surface area contributed by atoms with Crippen LogP contribution in [0.15, 0.2) is 30.5 Å². The van der Waals surface area contributed by atoms with Crippen LogP contribution in [0.2, 0.25) is 0 Å². The number of anilines is 1. The molecule has 5 nitrogen and oxygen atoms in total. The van der Waals surface area contributed by atoms with Gasteiger partial charge >= 0.3 is 0 Å². The number of hydrogen-bond donors (Lipinski definition) is 2. The maximum absolute atomic E-state index is 12.0. The third-order valence-corrected chi connectivity index (χ3v) is 3.87. The lowest BCUT2D eigenvalue weighted by Crippen LogP contribution is -2.24. The van der Waals surface area contributed by atoms with Gasteiger partial charge in [0.2, 0.25) is 0 Å². The zero-order valence-corrected chi connectivity index (χ0v) is 13.0. The van der Waals surface area contributed by atoms with Crippen LogP contribution in [0, 0.1) is 0 Å². The zero-order chi connectivity index (χ0) is 15.1. The molecule has 1 heterocycles. The molecule has 0 aliphatic heterocycles. The highest BCUT2D eigenvalue weighted by atomic mass is 32.1. The molecule has 2 aromatic rings. The van der Waals surface area contributed by atoms with Crippen LogP contribution in [-0.2, 0) is 6.42 Å². The summed E-state index contributed by atoms with van der Waals surface area (Å²) in [6.07, 6.45) is 2.39. The van der Waals surface area contributed by atoms with Crippen LogP contribution in [-0.4, -0.2) is 31.1 Å². The zero-order valence-electron chi connectivity index (χ0n) is 12.2. The molecule has 21 heavy (non-hydrogen) atoms. The van der Waals surface area contributed by atoms with Gasteiger partial charge in [0.05, 0.1) is 13.3 Å². The molecule has 0 bridgehead atoms. The molecule has 2 rings (SSSR count). The van der Waals surface area contributed by atoms with Gasteiger partial charge in [-0.15, -0.1) is 0 Å². The molecule has 0 saturated carbocycles. The number of carbonyl (C=O) groups excluding carboxylic acids is 1. The van der Waals surface area contributed by atoms with Crippen LogP contribution in [0.5, 0.6) is 5.75 Å². The van der Waals surface area contributed by atoms with Crippen molar-refractivity contribution in [3.8, 4) is 5.75 Å². The highest BCUT2D eigenvalue weighted by Crippen LogP contribution is 2.17. The quantitative estimate of drug-likeness (QED) is 0.825. The van der Waals surface area contributed by atoms with Gasteiger partial charge in [0.15, 0.2) is 5.13 Å². The Balaban J connectivity index is 1.80. The summed E-state index contributed by atoms with van der Waals surface area (Å²) in [5, 5.41) is 6.77. The van der Waals surface area contributed by atoms with E-state index in [1.165, 1.54) is 11.3 Å². The standard InChI is InChI=1S/C15H19N3O2S/c1-3-16-15-18-10-13(21-15)14(19)17-9-8-11-4-6-12(20-2)7-5-11/h4-7,10H,3,8-9H2,1-2H3,(H,16,18)(H,17,19). The number of hydrogen-bond acceptors (Lipinski definition) is 5. The van der Waals surface area contributed by atoms with Crippen molar-refractivity contribution in [2.24, 2.45) is 0 Å². The summed E-state index contributed by atoms with van der Waals surface area (Å²) < 4.78 is 5.11. The summed E-state index contributed by atoms with van der Waals surface area (Å²) in [6, 6.07) is 7.84. The van der Waals surface area contributed by atoms with Gasteiger partial charge in [0.1, 0.15) is 10.6 Å². The van der Waals surface area contributed by atoms with Gasteiger partial charge in [0.25, 0.3) is 5.91 Å². The Morgan fingerprint density at radius 2 is 2.10 bits per heavy atom. The summed E-state index contributed by atoms with van der Waals surface area (Å²) in [6.45, 7) is 3.39. The van der Waals surface area contributed by atoms with E-state index in [-0.39, 0.29) is 5.91 Å². The molecule has 0 atom stereocenters. The molecule has 1 amide bonds. The third kappa shape index (κ3) is 4.46. The smallest absolute Gasteiger partial charge is 0.263 e. The number of ether oxygens (including phenoxy) is 1. The number of aromatic nitrogens is 1. The number of benzene rings is 1. The molecule has 0 saturated heterocycles. The Bertz CT molecular complexity index is 581. The van der Waals surface area contributed by atoms with E-state index in [1.807, 2.05) is 31.2 Å². The van der Waals surface area contributed by atoms with Crippen LogP contribution >= 0.6 is 11.3 Å². The van der Waals surface area contributed by atoms with E-state index < -0.39 is 0 Å². The van der Waals surface area contributed by atoms with Crippen molar-refractivity contribution in [3.05, 3.63) is 40.9 Å². The van der Waals surface area contributed by atoms with Crippen LogP contribution in [0.4, 0.5) is 5.13 Å². The van der Waals surface area contributed by atoms with Gasteiger partial charge in [-0.3, -0.25) is 4.79 Å². The first-order valence-electron chi connectivity index (χ1n) is 6.83. The molecule has 1 aromatic heterocycles. The number of rotatable bonds is 7. The molecule has 0 aliphatic rings. The van der Waals surface area contributed by atoms with E-state index in [2.05, 4.69) is 15.6 Å². The summed E-state index contributed by atoms with van der Waals surface area (Å²) in [7, 11) is 1.64. The van der Waals surface area contributed by atoms with E-state index in [0.717, 1.165) is 29.4 Å². The monoisotopic (exact) mass is 305 g/mol. The Labute approximate surface area is 128 Å². The fourth-order valence-electron chi connectivity index (χ4n) is 1.81. The van der Waals surface area contributed by atoms with Crippen molar-refractivity contribution in [3.63, 3.8) is 0 Å². The molecule has 0 aliphatic carbocycles. The van der Waals surface area contributed by atoms with Crippen LogP contribution in [0.3, 0.4) is 0 Å². The lowest BCUT2D eigenvalue weighted by Gasteiger charge is -2.05. The van der Waals surface area contributed by atoms with E-state index in [4.69, 9.17) is 4.74 Å². The average Bonchev–Trinajstić information content (AvgIpc) is 2.97. The first-order valence-corrected chi connectivity index (χ1v) is 7.65. The highest BCUT2D eigenvalue weighted by molar-refractivity contribution is 7.17. The molecule has 2 N–H and O–H groups in total. The third-order valence-electron chi connectivity index (χ3n) is 2.92. The minimum Gasteiger partial charge on any atom is -0.497 e. The maximum atomic E-state index is 12.0. The summed E-state index contributed by atoms with van der Waals surface area (Å²) in [5.41, 5.74) is 1.16. The molecule has 112 valence electrons. The van der Waals surface area contributed by atoms with Crippen LogP contribution in [0.25, 0.3) is 0 Å². The van der Waals surface area contributed by atoms with Gasteiger partial charge in [-0.05, 0) is 31.0 Å². The van der Waals surface area contributed by atoms with Crippen molar-refractivity contribution in [2.75, 3.05) is 25.5 Å². The molecule has 0 unspecified atom stereocenters. The molecule has 0 radical (unpaired) electrons. The predicted octanol–water partition coefficient (Wildman–Crippen LogP) is 2.56. The Morgan fingerprint density at radius 3 is 2.76 bits per heavy atom. The van der Waals surface area contributed by atoms with E-state index in [0.29, 0.717) is 11.4 Å². The van der Waals surface area contributed by atoms with Gasteiger partial charge < -0.3 is 15.4 Å². The van der Waals surface area contributed by atoms with Crippen molar-refractivity contribution in [1.82, 2.24) is 10.3 Å². The normalized spacial score (nSPS) is 10.2. The average molecular weight is 305 g/mol. The first-order chi connectivity index (χ1) is 10.2. The van der Waals surface area contributed by atoms with Crippen molar-refractivity contribution < 1.29 is 9.53 Å². The number of methoxy groups -OCH3 is 1. The maximum Gasteiger partial charge on any atom is 0.263 e. The molecular formula is C15H19N3O2S. The summed E-state index contributed by atoms with van der Waals surface area (Å²) in [4.78, 5) is 16.7. The van der Waals surface area contributed by atoms with E-state index in [9.17, 15) is 4.79 Å². The number of thiazole rings is 1. The summed E-state index contributed by atoms with van der Waals surface area (Å²) >= 11 is 1.37. The van der Waals surface area contributed by atoms with Gasteiger partial charge in [-0.2, -0.15) is 0 Å². The Morgan fingerprint density at radius 1 is 1.33 bits per heavy atom. The lowest BCUT2D eigenvalue weighted by atomic mass is 10.1. The van der Waals surface area contributed by atoms with Crippen molar-refractivity contribution in [2.45, 2.75) is 13.3 Å². The molecule has 1 aromatic carbocycles. The second-order valence-corrected chi connectivity index (χ2v) is 5.44. The molecular weight excluding hydrogens is 286 g/mol. The largest absolute Gasteiger partial charge is 0.497 e. The molecule has 6 heteroatoms. The Kier molecular flexibility index (Phi) is 5.57. The van der Waals surface area contributed by atoms with Gasteiger partial charge in [-0.25, -0.2) is 4.98 Å². The van der Waals surface area contributed by atoms with Crippen molar-refractivity contribution in [1.29, 1.82) is 0 Å². The fraction of sp³-hybridized carbons (Fsp3) is 0.333. The second kappa shape index (κ2) is 7.64. The number of amides is 1. The van der Waals surface area contributed by atoms with Crippen LogP contribution in [0.1, 0.15) is 22.2 Å². The SMILES string of the molecule is CCNc1ncc(C(=O)NCCc2ccc(OC)cc2)s1. The minimum atomic E-state index is -0.0786. The van der Waals surface area contributed by atoms with Gasteiger partial charge in [0, 0.05) is 13.1 Å². The summed E-state index contributed by atoms with van der Waals surface area (Å²) in [5.74, 6) is 0.758. The first kappa shape index (κ1) is 15.3. The minimum absolute atomic E-state index is 0.0786. The van der Waals surface area contributed by atoms with Crippen LogP contribution < -0.4 is 15.4 Å². The molecule has 0 fully saturated rings. The fourth-order valence-corrected chi connectivity index (χ4v) is 2.61. The highest BCUT2D eigenvalue weighted by Gasteiger charge is 2.09. The number of nitrogens with one attached hydrogen (secondary N) is 2. The molecule has 0 spiro atoms.